The zero-order valence-corrected chi connectivity index (χ0v) is 10.4. The van der Waals surface area contributed by atoms with Gasteiger partial charge in [-0.2, -0.15) is 0 Å². The van der Waals surface area contributed by atoms with Gasteiger partial charge in [-0.25, -0.2) is 4.79 Å². The lowest BCUT2D eigenvalue weighted by Gasteiger charge is -2.33. The standard InChI is InChI=1S/C11H20N2O3/c1-10(2,3)16-9(15)13-7-5-6-11(13,4)8(12)14/h5-7H2,1-4H3,(H2,12,14)/t11-/m1/s1. The van der Waals surface area contributed by atoms with Gasteiger partial charge in [0.15, 0.2) is 0 Å². The fourth-order valence-electron chi connectivity index (χ4n) is 1.83. The molecule has 0 radical (unpaired) electrons. The van der Waals surface area contributed by atoms with Crippen molar-refractivity contribution in [3.63, 3.8) is 0 Å². The number of ether oxygens (including phenoxy) is 1. The van der Waals surface area contributed by atoms with Crippen LogP contribution in [0.3, 0.4) is 0 Å². The number of likely N-dealkylation sites (tertiary alicyclic amines) is 1. The van der Waals surface area contributed by atoms with Crippen molar-refractivity contribution >= 4 is 12.0 Å². The second-order valence-corrected chi connectivity index (χ2v) is 5.37. The molecule has 5 heteroatoms. The molecule has 0 bridgehead atoms. The number of hydrogen-bond donors (Lipinski definition) is 1. The first kappa shape index (κ1) is 12.8. The highest BCUT2D eigenvalue weighted by molar-refractivity contribution is 5.88. The number of nitrogens with two attached hydrogens (primary N) is 1. The number of primary amides is 1. The molecule has 0 spiro atoms. The maximum Gasteiger partial charge on any atom is 0.411 e. The molecule has 1 fully saturated rings. The molecule has 1 aliphatic rings. The molecule has 2 amide bonds. The summed E-state index contributed by atoms with van der Waals surface area (Å²) in [6.45, 7) is 7.59. The highest BCUT2D eigenvalue weighted by Crippen LogP contribution is 2.30. The molecule has 0 saturated carbocycles. The van der Waals surface area contributed by atoms with Crippen LogP contribution in [-0.4, -0.2) is 34.6 Å². The summed E-state index contributed by atoms with van der Waals surface area (Å²) in [5.41, 5.74) is 3.88. The first-order valence-corrected chi connectivity index (χ1v) is 5.47. The maximum absolute atomic E-state index is 11.9. The molecule has 0 aromatic heterocycles. The number of hydrogen-bond acceptors (Lipinski definition) is 3. The molecule has 0 aromatic rings. The second kappa shape index (κ2) is 3.96. The minimum Gasteiger partial charge on any atom is -0.444 e. The van der Waals surface area contributed by atoms with Crippen molar-refractivity contribution in [1.82, 2.24) is 4.90 Å². The molecular formula is C11H20N2O3. The predicted molar refractivity (Wildman–Crippen MR) is 59.8 cm³/mol. The van der Waals surface area contributed by atoms with E-state index in [0.29, 0.717) is 13.0 Å². The quantitative estimate of drug-likeness (QED) is 0.734. The van der Waals surface area contributed by atoms with Gasteiger partial charge in [0.2, 0.25) is 5.91 Å². The second-order valence-electron chi connectivity index (χ2n) is 5.37. The normalized spacial score (nSPS) is 25.6. The van der Waals surface area contributed by atoms with Gasteiger partial charge in [-0.15, -0.1) is 0 Å². The number of carbonyl (C=O) groups is 2. The van der Waals surface area contributed by atoms with Crippen molar-refractivity contribution in [3.8, 4) is 0 Å². The Morgan fingerprint density at radius 3 is 2.38 bits per heavy atom. The van der Waals surface area contributed by atoms with Gasteiger partial charge < -0.3 is 10.5 Å². The van der Waals surface area contributed by atoms with E-state index in [-0.39, 0.29) is 0 Å². The Hall–Kier alpha value is -1.26. The van der Waals surface area contributed by atoms with Gasteiger partial charge in [-0.3, -0.25) is 9.69 Å². The van der Waals surface area contributed by atoms with E-state index in [9.17, 15) is 9.59 Å². The Morgan fingerprint density at radius 1 is 1.38 bits per heavy atom. The summed E-state index contributed by atoms with van der Waals surface area (Å²) >= 11 is 0. The topological polar surface area (TPSA) is 72.6 Å². The summed E-state index contributed by atoms with van der Waals surface area (Å²) in [6, 6.07) is 0. The summed E-state index contributed by atoms with van der Waals surface area (Å²) in [7, 11) is 0. The van der Waals surface area contributed by atoms with E-state index in [2.05, 4.69) is 0 Å². The summed E-state index contributed by atoms with van der Waals surface area (Å²) in [5, 5.41) is 0. The molecule has 1 heterocycles. The summed E-state index contributed by atoms with van der Waals surface area (Å²) in [6.07, 6.45) is 0.909. The van der Waals surface area contributed by atoms with Gasteiger partial charge in [-0.05, 0) is 40.5 Å². The maximum atomic E-state index is 11.9. The number of amides is 2. The first-order chi connectivity index (χ1) is 7.17. The average Bonchev–Trinajstić information content (AvgIpc) is 2.45. The van der Waals surface area contributed by atoms with Crippen LogP contribution in [0.25, 0.3) is 0 Å². The van der Waals surface area contributed by atoms with Crippen molar-refractivity contribution in [2.75, 3.05) is 6.54 Å². The molecule has 5 nitrogen and oxygen atoms in total. The van der Waals surface area contributed by atoms with Crippen LogP contribution < -0.4 is 5.73 Å². The van der Waals surface area contributed by atoms with Crippen LogP contribution in [0, 0.1) is 0 Å². The first-order valence-electron chi connectivity index (χ1n) is 5.47. The minimum absolute atomic E-state index is 0.466. The molecule has 1 atom stereocenters. The van der Waals surface area contributed by atoms with E-state index >= 15 is 0 Å². The summed E-state index contributed by atoms with van der Waals surface area (Å²) in [5.74, 6) is -0.476. The lowest BCUT2D eigenvalue weighted by atomic mass is 9.99. The van der Waals surface area contributed by atoms with Crippen LogP contribution in [0.5, 0.6) is 0 Å². The third kappa shape index (κ3) is 2.46. The Bertz CT molecular complexity index is 309. The largest absolute Gasteiger partial charge is 0.444 e. The molecule has 0 unspecified atom stereocenters. The predicted octanol–water partition coefficient (Wildman–Crippen LogP) is 1.26. The molecule has 1 saturated heterocycles. The Morgan fingerprint density at radius 2 is 1.94 bits per heavy atom. The Kier molecular flexibility index (Phi) is 3.17. The number of carbonyl (C=O) groups excluding carboxylic acids is 2. The van der Waals surface area contributed by atoms with E-state index in [0.717, 1.165) is 6.42 Å². The minimum atomic E-state index is -0.900. The van der Waals surface area contributed by atoms with Crippen molar-refractivity contribution < 1.29 is 14.3 Å². The highest BCUT2D eigenvalue weighted by atomic mass is 16.6. The van der Waals surface area contributed by atoms with Gasteiger partial charge in [0.05, 0.1) is 0 Å². The number of nitrogens with zero attached hydrogens (tertiary/aromatic N) is 1. The van der Waals surface area contributed by atoms with Crippen LogP contribution in [0.15, 0.2) is 0 Å². The fraction of sp³-hybridized carbons (Fsp3) is 0.818. The monoisotopic (exact) mass is 228 g/mol. The molecule has 0 aliphatic carbocycles. The van der Waals surface area contributed by atoms with Gasteiger partial charge in [-0.1, -0.05) is 0 Å². The Labute approximate surface area is 95.9 Å². The van der Waals surface area contributed by atoms with E-state index < -0.39 is 23.1 Å². The van der Waals surface area contributed by atoms with Crippen LogP contribution in [0.4, 0.5) is 4.79 Å². The zero-order valence-electron chi connectivity index (χ0n) is 10.4. The molecule has 16 heavy (non-hydrogen) atoms. The summed E-state index contributed by atoms with van der Waals surface area (Å²) < 4.78 is 5.25. The molecule has 0 aromatic carbocycles. The third-order valence-corrected chi connectivity index (χ3v) is 2.79. The van der Waals surface area contributed by atoms with Crippen molar-refractivity contribution in [2.45, 2.75) is 51.7 Å². The van der Waals surface area contributed by atoms with Gasteiger partial charge in [0.25, 0.3) is 0 Å². The van der Waals surface area contributed by atoms with Crippen molar-refractivity contribution in [1.29, 1.82) is 0 Å². The van der Waals surface area contributed by atoms with E-state index in [1.54, 1.807) is 27.7 Å². The average molecular weight is 228 g/mol. The lowest BCUT2D eigenvalue weighted by Crippen LogP contribution is -2.54. The SMILES string of the molecule is CC(C)(C)OC(=O)N1CCC[C@]1(C)C(N)=O. The van der Waals surface area contributed by atoms with Crippen LogP contribution in [-0.2, 0) is 9.53 Å². The molecule has 1 aliphatic heterocycles. The van der Waals surface area contributed by atoms with Crippen LogP contribution >= 0.6 is 0 Å². The van der Waals surface area contributed by atoms with Crippen molar-refractivity contribution in [2.24, 2.45) is 5.73 Å². The molecular weight excluding hydrogens is 208 g/mol. The smallest absolute Gasteiger partial charge is 0.411 e. The van der Waals surface area contributed by atoms with Crippen LogP contribution in [0.1, 0.15) is 40.5 Å². The third-order valence-electron chi connectivity index (χ3n) is 2.79. The zero-order chi connectivity index (χ0) is 12.6. The van der Waals surface area contributed by atoms with E-state index in [4.69, 9.17) is 10.5 Å². The molecule has 1 rings (SSSR count). The summed E-state index contributed by atoms with van der Waals surface area (Å²) in [4.78, 5) is 24.7. The van der Waals surface area contributed by atoms with Gasteiger partial charge >= 0.3 is 6.09 Å². The van der Waals surface area contributed by atoms with E-state index in [1.807, 2.05) is 0 Å². The highest BCUT2D eigenvalue weighted by Gasteiger charge is 2.45. The number of rotatable bonds is 1. The van der Waals surface area contributed by atoms with Gasteiger partial charge in [0.1, 0.15) is 11.1 Å². The van der Waals surface area contributed by atoms with Crippen LogP contribution in [0.2, 0.25) is 0 Å². The Balaban J connectivity index is 2.80. The van der Waals surface area contributed by atoms with E-state index in [1.165, 1.54) is 4.90 Å². The lowest BCUT2D eigenvalue weighted by molar-refractivity contribution is -0.127. The van der Waals surface area contributed by atoms with Gasteiger partial charge in [0, 0.05) is 6.54 Å². The fourth-order valence-corrected chi connectivity index (χ4v) is 1.83. The molecule has 2 N–H and O–H groups in total. The van der Waals surface area contributed by atoms with Crippen molar-refractivity contribution in [3.05, 3.63) is 0 Å². The molecule has 92 valence electrons.